The maximum Gasteiger partial charge on any atom is 0.268 e. The van der Waals surface area contributed by atoms with E-state index in [9.17, 15) is 4.39 Å². The van der Waals surface area contributed by atoms with Crippen LogP contribution in [0.1, 0.15) is 18.4 Å². The number of halogens is 1. The number of anilines is 1. The van der Waals surface area contributed by atoms with Gasteiger partial charge in [0.15, 0.2) is 5.82 Å². The van der Waals surface area contributed by atoms with E-state index in [1.807, 2.05) is 30.3 Å². The van der Waals surface area contributed by atoms with Gasteiger partial charge in [-0.2, -0.15) is 0 Å². The first-order valence-corrected chi connectivity index (χ1v) is 9.39. The fourth-order valence-corrected chi connectivity index (χ4v) is 3.44. The van der Waals surface area contributed by atoms with Crippen molar-refractivity contribution in [3.05, 3.63) is 73.2 Å². The molecule has 1 aliphatic rings. The second-order valence-corrected chi connectivity index (χ2v) is 6.85. The fraction of sp³-hybridized carbons (Fsp3) is 0.227. The Morgan fingerprint density at radius 2 is 2.11 bits per heavy atom. The average molecular weight is 372 g/mol. The first-order chi connectivity index (χ1) is 13.6. The molecule has 1 N–H and O–H groups in total. The Bertz CT molecular complexity index is 940. The molecule has 0 spiro atoms. The second kappa shape index (κ2) is 9.14. The predicted octanol–water partition coefficient (Wildman–Crippen LogP) is 5.17. The predicted molar refractivity (Wildman–Crippen MR) is 113 cm³/mol. The molecule has 1 aromatic heterocycles. The van der Waals surface area contributed by atoms with Crippen LogP contribution in [0.15, 0.2) is 61.8 Å². The molecule has 1 aromatic carbocycles. The van der Waals surface area contributed by atoms with Crippen molar-refractivity contribution in [1.82, 2.24) is 9.97 Å². The van der Waals surface area contributed by atoms with Gasteiger partial charge in [-0.05, 0) is 30.0 Å². The molecule has 0 unspecified atom stereocenters. The maximum absolute atomic E-state index is 14.5. The zero-order valence-electron chi connectivity index (χ0n) is 15.7. The third kappa shape index (κ3) is 4.55. The summed E-state index contributed by atoms with van der Waals surface area (Å²) in [7, 11) is 0. The number of nitrogens with zero attached hydrogens (tertiary/aromatic N) is 3. The van der Waals surface area contributed by atoms with E-state index >= 15 is 0 Å². The minimum atomic E-state index is -0.469. The smallest absolute Gasteiger partial charge is 0.268 e. The van der Waals surface area contributed by atoms with Crippen molar-refractivity contribution in [2.75, 3.05) is 5.32 Å². The van der Waals surface area contributed by atoms with Gasteiger partial charge in [0.05, 0.1) is 6.20 Å². The van der Waals surface area contributed by atoms with Crippen LogP contribution in [0.25, 0.3) is 16.8 Å². The van der Waals surface area contributed by atoms with Crippen molar-refractivity contribution < 1.29 is 4.39 Å². The molecule has 2 heterocycles. The molecule has 140 valence electrons. The van der Waals surface area contributed by atoms with Gasteiger partial charge in [0.2, 0.25) is 5.95 Å². The van der Waals surface area contributed by atoms with E-state index in [1.165, 1.54) is 6.20 Å². The van der Waals surface area contributed by atoms with E-state index in [-0.39, 0.29) is 18.4 Å². The second-order valence-electron chi connectivity index (χ2n) is 6.85. The normalized spacial score (nSPS) is 15.0. The summed E-state index contributed by atoms with van der Waals surface area (Å²) in [6, 6.07) is 7.71. The van der Waals surface area contributed by atoms with Gasteiger partial charge in [0.1, 0.15) is 5.69 Å². The third-order valence-corrected chi connectivity index (χ3v) is 4.97. The number of nitrogens with one attached hydrogen (secondary N) is 1. The zero-order chi connectivity index (χ0) is 19.9. The van der Waals surface area contributed by atoms with E-state index in [1.54, 1.807) is 12.2 Å². The molecule has 0 radical (unpaired) electrons. The highest BCUT2D eigenvalue weighted by Gasteiger charge is 2.24. The standard InChI is InChI=1S/C22H22BFN4/c1-3-6-16(4-2)17-7-5-8-18(13-17)21-20(24)14-26-22(28-21)27-19-9-11-23(15-25)12-10-19/h3-8,13-14,19H,1-2,9-12H2,(H,26,27,28)/b16-6+. The van der Waals surface area contributed by atoms with Gasteiger partial charge in [-0.25, -0.2) is 19.6 Å². The summed E-state index contributed by atoms with van der Waals surface area (Å²) in [5, 5.41) is 12.3. The van der Waals surface area contributed by atoms with E-state index in [0.717, 1.165) is 36.6 Å². The van der Waals surface area contributed by atoms with Gasteiger partial charge < -0.3 is 5.32 Å². The summed E-state index contributed by atoms with van der Waals surface area (Å²) in [5.41, 5.74) is 2.74. The van der Waals surface area contributed by atoms with E-state index in [2.05, 4.69) is 34.4 Å². The SMILES string of the molecule is C=C/C=C(\C=C)c1cccc(-c2nc(NC3CCB(C#N)CC3)ncc2F)c1. The first kappa shape index (κ1) is 19.6. The summed E-state index contributed by atoms with van der Waals surface area (Å²) in [6.45, 7) is 7.67. The first-order valence-electron chi connectivity index (χ1n) is 9.39. The highest BCUT2D eigenvalue weighted by Crippen LogP contribution is 2.27. The van der Waals surface area contributed by atoms with Crippen molar-refractivity contribution in [3.8, 4) is 17.2 Å². The number of hydrogen-bond acceptors (Lipinski definition) is 4. The summed E-state index contributed by atoms with van der Waals surface area (Å²) >= 11 is 0. The van der Waals surface area contributed by atoms with Crippen LogP contribution in [0.4, 0.5) is 10.3 Å². The van der Waals surface area contributed by atoms with Crippen LogP contribution in [0.3, 0.4) is 0 Å². The van der Waals surface area contributed by atoms with Crippen LogP contribution < -0.4 is 5.32 Å². The molecule has 3 rings (SSSR count). The minimum absolute atomic E-state index is 0.133. The van der Waals surface area contributed by atoms with E-state index in [4.69, 9.17) is 5.26 Å². The summed E-state index contributed by atoms with van der Waals surface area (Å²) < 4.78 is 14.5. The lowest BCUT2D eigenvalue weighted by atomic mass is 9.42. The molecule has 1 aliphatic heterocycles. The molecule has 0 amide bonds. The Hall–Kier alpha value is -3.20. The number of hydrogen-bond donors (Lipinski definition) is 1. The molecular formula is C22H22BFN4. The molecule has 4 nitrogen and oxygen atoms in total. The van der Waals surface area contributed by atoms with Gasteiger partial charge in [-0.3, -0.25) is 0 Å². The summed E-state index contributed by atoms with van der Waals surface area (Å²) in [6.07, 6.45) is 9.99. The molecular weight excluding hydrogens is 350 g/mol. The number of allylic oxidation sites excluding steroid dienone is 4. The lowest BCUT2D eigenvalue weighted by Gasteiger charge is -2.24. The van der Waals surface area contributed by atoms with Crippen molar-refractivity contribution in [2.45, 2.75) is 31.5 Å². The van der Waals surface area contributed by atoms with Crippen molar-refractivity contribution >= 4 is 18.2 Å². The lowest BCUT2D eigenvalue weighted by Crippen LogP contribution is -2.29. The molecule has 0 saturated carbocycles. The lowest BCUT2D eigenvalue weighted by molar-refractivity contribution is 0.611. The zero-order valence-corrected chi connectivity index (χ0v) is 15.7. The molecule has 0 atom stereocenters. The topological polar surface area (TPSA) is 61.6 Å². The Labute approximate surface area is 165 Å². The summed E-state index contributed by atoms with van der Waals surface area (Å²) in [5.74, 6) is 2.27. The highest BCUT2D eigenvalue weighted by molar-refractivity contribution is 6.67. The monoisotopic (exact) mass is 372 g/mol. The third-order valence-electron chi connectivity index (χ3n) is 4.97. The maximum atomic E-state index is 14.5. The average Bonchev–Trinajstić information content (AvgIpc) is 2.74. The molecule has 0 bridgehead atoms. The van der Waals surface area contributed by atoms with Gasteiger partial charge in [0, 0.05) is 17.6 Å². The summed E-state index contributed by atoms with van der Waals surface area (Å²) in [4.78, 5) is 8.52. The van der Waals surface area contributed by atoms with Gasteiger partial charge in [-0.15, -0.1) is 0 Å². The van der Waals surface area contributed by atoms with Crippen LogP contribution in [0.2, 0.25) is 12.6 Å². The molecule has 6 heteroatoms. The Kier molecular flexibility index (Phi) is 6.39. The van der Waals surface area contributed by atoms with E-state index < -0.39 is 5.82 Å². The number of benzene rings is 1. The largest absolute Gasteiger partial charge is 0.352 e. The Morgan fingerprint density at radius 1 is 1.32 bits per heavy atom. The van der Waals surface area contributed by atoms with Crippen LogP contribution in [0.5, 0.6) is 0 Å². The number of nitriles is 1. The van der Waals surface area contributed by atoms with Gasteiger partial charge in [-0.1, -0.05) is 62.2 Å². The number of aromatic nitrogens is 2. The Morgan fingerprint density at radius 3 is 2.79 bits per heavy atom. The Balaban J connectivity index is 1.84. The van der Waals surface area contributed by atoms with Gasteiger partial charge in [0.25, 0.3) is 6.71 Å². The highest BCUT2D eigenvalue weighted by atomic mass is 19.1. The van der Waals surface area contributed by atoms with Crippen LogP contribution >= 0.6 is 0 Å². The van der Waals surface area contributed by atoms with Gasteiger partial charge >= 0.3 is 0 Å². The molecule has 1 saturated heterocycles. The molecule has 1 fully saturated rings. The van der Waals surface area contributed by atoms with Crippen molar-refractivity contribution in [3.63, 3.8) is 0 Å². The quantitative estimate of drug-likeness (QED) is 0.561. The van der Waals surface area contributed by atoms with Crippen LogP contribution in [0, 0.1) is 17.0 Å². The molecule has 28 heavy (non-hydrogen) atoms. The van der Waals surface area contributed by atoms with Crippen LogP contribution in [-0.2, 0) is 0 Å². The molecule has 2 aromatic rings. The van der Waals surface area contributed by atoms with Crippen molar-refractivity contribution in [1.29, 1.82) is 5.26 Å². The minimum Gasteiger partial charge on any atom is -0.352 e. The molecule has 0 aliphatic carbocycles. The fourth-order valence-electron chi connectivity index (χ4n) is 3.44. The van der Waals surface area contributed by atoms with Crippen molar-refractivity contribution in [2.24, 2.45) is 0 Å². The van der Waals surface area contributed by atoms with E-state index in [0.29, 0.717) is 11.5 Å². The number of rotatable bonds is 6. The van der Waals surface area contributed by atoms with Crippen LogP contribution in [-0.4, -0.2) is 22.7 Å².